The van der Waals surface area contributed by atoms with E-state index in [-0.39, 0.29) is 11.5 Å². The predicted octanol–water partition coefficient (Wildman–Crippen LogP) is 4.54. The van der Waals surface area contributed by atoms with E-state index in [2.05, 4.69) is 39.7 Å². The quantitative estimate of drug-likeness (QED) is 0.567. The fourth-order valence-electron chi connectivity index (χ4n) is 5.26. The van der Waals surface area contributed by atoms with Gasteiger partial charge in [0.2, 0.25) is 0 Å². The zero-order chi connectivity index (χ0) is 21.8. The van der Waals surface area contributed by atoms with Gasteiger partial charge in [-0.3, -0.25) is 4.68 Å². The smallest absolute Gasteiger partial charge is 0.133 e. The van der Waals surface area contributed by atoms with E-state index in [1.165, 1.54) is 5.56 Å². The maximum atomic E-state index is 9.67. The first-order valence-electron chi connectivity index (χ1n) is 11.4. The number of nitrogens with zero attached hydrogens (tertiary/aromatic N) is 5. The molecule has 3 heterocycles. The monoisotopic (exact) mass is 428 g/mol. The van der Waals surface area contributed by atoms with Crippen molar-refractivity contribution in [3.63, 3.8) is 0 Å². The molecule has 1 aliphatic heterocycles. The lowest BCUT2D eigenvalue weighted by molar-refractivity contribution is 0.00242. The second-order valence-electron chi connectivity index (χ2n) is 8.86. The van der Waals surface area contributed by atoms with E-state index in [1.807, 2.05) is 29.1 Å². The summed E-state index contributed by atoms with van der Waals surface area (Å²) in [5.74, 6) is 0.915. The molecule has 0 radical (unpaired) electrons. The second kappa shape index (κ2) is 9.09. The Hall–Kier alpha value is -3.24. The molecule has 3 aromatic rings. The van der Waals surface area contributed by atoms with Crippen LogP contribution in [0.15, 0.2) is 49.1 Å². The van der Waals surface area contributed by atoms with Crippen LogP contribution in [0.2, 0.25) is 0 Å². The van der Waals surface area contributed by atoms with Gasteiger partial charge >= 0.3 is 0 Å². The van der Waals surface area contributed by atoms with E-state index in [1.54, 1.807) is 6.33 Å². The minimum atomic E-state index is -0.0804. The number of nitrogens with one attached hydrogen (secondary N) is 1. The zero-order valence-electron chi connectivity index (χ0n) is 18.2. The highest BCUT2D eigenvalue weighted by Gasteiger charge is 2.43. The van der Waals surface area contributed by atoms with Crippen molar-refractivity contribution in [3.05, 3.63) is 60.2 Å². The summed E-state index contributed by atoms with van der Waals surface area (Å²) in [6, 6.07) is 12.7. The van der Waals surface area contributed by atoms with Crippen molar-refractivity contribution in [3.8, 4) is 17.3 Å². The Morgan fingerprint density at radius 2 is 2.03 bits per heavy atom. The normalized spacial score (nSPS) is 17.5. The summed E-state index contributed by atoms with van der Waals surface area (Å²) >= 11 is 0. The summed E-state index contributed by atoms with van der Waals surface area (Å²) in [7, 11) is 0. The number of ether oxygens (including phenoxy) is 1. The van der Waals surface area contributed by atoms with Crippen molar-refractivity contribution in [2.75, 3.05) is 18.5 Å². The number of hydrogen-bond donors (Lipinski definition) is 1. The molecule has 0 amide bonds. The minimum absolute atomic E-state index is 0.0208. The summed E-state index contributed by atoms with van der Waals surface area (Å²) in [5, 5.41) is 17.7. The molecule has 1 saturated carbocycles. The fraction of sp³-hybridized carbons (Fsp3) is 0.440. The van der Waals surface area contributed by atoms with Gasteiger partial charge < -0.3 is 10.1 Å². The third-order valence-electron chi connectivity index (χ3n) is 6.90. The predicted molar refractivity (Wildman–Crippen MR) is 122 cm³/mol. The molecule has 0 bridgehead atoms. The third kappa shape index (κ3) is 3.98. The first kappa shape index (κ1) is 20.7. The second-order valence-corrected chi connectivity index (χ2v) is 8.86. The molecule has 1 aliphatic carbocycles. The summed E-state index contributed by atoms with van der Waals surface area (Å²) in [6.07, 6.45) is 11.3. The topological polar surface area (TPSA) is 88.7 Å². The molecular weight excluding hydrogens is 400 g/mol. The van der Waals surface area contributed by atoms with E-state index in [0.717, 1.165) is 61.3 Å². The number of fused-ring (bicyclic) bond motifs is 1. The van der Waals surface area contributed by atoms with Crippen molar-refractivity contribution >= 4 is 5.82 Å². The lowest BCUT2D eigenvalue weighted by Gasteiger charge is -2.36. The SMILES string of the molecule is N#CCC(n1cc(-c2ncnc3c2CCN3)cn1)C1(COCc2ccccc2)CCCC1. The number of hydrogen-bond acceptors (Lipinski definition) is 6. The Bertz CT molecular complexity index is 1100. The minimum Gasteiger partial charge on any atom is -0.376 e. The van der Waals surface area contributed by atoms with Crippen molar-refractivity contribution in [1.29, 1.82) is 5.26 Å². The summed E-state index contributed by atoms with van der Waals surface area (Å²) in [4.78, 5) is 8.88. The molecule has 2 aromatic heterocycles. The van der Waals surface area contributed by atoms with Gasteiger partial charge in [-0.15, -0.1) is 0 Å². The van der Waals surface area contributed by atoms with Crippen LogP contribution in [0.5, 0.6) is 0 Å². The van der Waals surface area contributed by atoms with Gasteiger partial charge in [-0.2, -0.15) is 10.4 Å². The van der Waals surface area contributed by atoms with Crippen LogP contribution in [0.4, 0.5) is 5.82 Å². The van der Waals surface area contributed by atoms with Crippen LogP contribution < -0.4 is 5.32 Å². The Morgan fingerprint density at radius 3 is 2.84 bits per heavy atom. The summed E-state index contributed by atoms with van der Waals surface area (Å²) < 4.78 is 8.22. The summed E-state index contributed by atoms with van der Waals surface area (Å²) in [5.41, 5.74) is 4.15. The van der Waals surface area contributed by atoms with E-state index >= 15 is 0 Å². The van der Waals surface area contributed by atoms with Gasteiger partial charge in [0, 0.05) is 29.3 Å². The van der Waals surface area contributed by atoms with E-state index in [0.29, 0.717) is 19.6 Å². The molecule has 0 saturated heterocycles. The summed E-state index contributed by atoms with van der Waals surface area (Å²) in [6.45, 7) is 2.11. The van der Waals surface area contributed by atoms with E-state index < -0.39 is 0 Å². The maximum absolute atomic E-state index is 9.67. The average Bonchev–Trinajstić information content (AvgIpc) is 3.59. The van der Waals surface area contributed by atoms with Crippen LogP contribution in [-0.2, 0) is 17.8 Å². The van der Waals surface area contributed by atoms with Gasteiger partial charge in [-0.05, 0) is 24.8 Å². The van der Waals surface area contributed by atoms with Crippen LogP contribution in [0.1, 0.15) is 49.3 Å². The highest BCUT2D eigenvalue weighted by Crippen LogP contribution is 2.48. The number of benzene rings is 1. The van der Waals surface area contributed by atoms with Crippen LogP contribution in [-0.4, -0.2) is 32.9 Å². The molecular formula is C25H28N6O. The third-order valence-corrected chi connectivity index (χ3v) is 6.90. The Morgan fingerprint density at radius 1 is 1.19 bits per heavy atom. The lowest BCUT2D eigenvalue weighted by Crippen LogP contribution is -2.35. The van der Waals surface area contributed by atoms with Crippen molar-refractivity contribution in [2.24, 2.45) is 5.41 Å². The molecule has 5 rings (SSSR count). The fourth-order valence-corrected chi connectivity index (χ4v) is 5.26. The van der Waals surface area contributed by atoms with E-state index in [4.69, 9.17) is 9.84 Å². The number of rotatable bonds is 8. The van der Waals surface area contributed by atoms with Gasteiger partial charge in [-0.1, -0.05) is 43.2 Å². The van der Waals surface area contributed by atoms with Gasteiger partial charge in [0.15, 0.2) is 0 Å². The highest BCUT2D eigenvalue weighted by molar-refractivity contribution is 5.69. The molecule has 1 atom stereocenters. The average molecular weight is 429 g/mol. The van der Waals surface area contributed by atoms with Crippen LogP contribution in [0.3, 0.4) is 0 Å². The Kier molecular flexibility index (Phi) is 5.87. The van der Waals surface area contributed by atoms with Crippen molar-refractivity contribution in [1.82, 2.24) is 19.7 Å². The molecule has 1 fully saturated rings. The molecule has 164 valence electrons. The molecule has 2 aliphatic rings. The standard InChI is InChI=1S/C25H28N6O/c26-12-8-22(25(10-4-5-11-25)17-32-16-19-6-2-1-3-7-19)31-15-20(14-30-31)23-21-9-13-27-24(21)29-18-28-23/h1-3,6-7,14-15,18,22H,4-5,8-11,13,16-17H2,(H,27,28,29). The first-order valence-corrected chi connectivity index (χ1v) is 11.4. The molecule has 1 aromatic carbocycles. The maximum Gasteiger partial charge on any atom is 0.133 e. The molecule has 0 spiro atoms. The lowest BCUT2D eigenvalue weighted by atomic mass is 9.78. The highest BCUT2D eigenvalue weighted by atomic mass is 16.5. The largest absolute Gasteiger partial charge is 0.376 e. The molecule has 32 heavy (non-hydrogen) atoms. The van der Waals surface area contributed by atoms with Gasteiger partial charge in [0.05, 0.1) is 43.6 Å². The van der Waals surface area contributed by atoms with Crippen molar-refractivity contribution < 1.29 is 4.74 Å². The Balaban J connectivity index is 1.39. The molecule has 7 nitrogen and oxygen atoms in total. The van der Waals surface area contributed by atoms with Crippen LogP contribution in [0, 0.1) is 16.7 Å². The Labute approximate surface area is 188 Å². The number of nitriles is 1. The van der Waals surface area contributed by atoms with E-state index in [9.17, 15) is 5.26 Å². The van der Waals surface area contributed by atoms with Crippen LogP contribution in [0.25, 0.3) is 11.3 Å². The molecule has 1 unspecified atom stereocenters. The van der Waals surface area contributed by atoms with Crippen LogP contribution >= 0.6 is 0 Å². The molecule has 1 N–H and O–H groups in total. The van der Waals surface area contributed by atoms with Gasteiger partial charge in [-0.25, -0.2) is 9.97 Å². The number of aromatic nitrogens is 4. The molecule has 7 heteroatoms. The van der Waals surface area contributed by atoms with Gasteiger partial charge in [0.25, 0.3) is 0 Å². The first-order chi connectivity index (χ1) is 15.8. The number of anilines is 1. The zero-order valence-corrected chi connectivity index (χ0v) is 18.2. The van der Waals surface area contributed by atoms with Crippen molar-refractivity contribution in [2.45, 2.75) is 51.2 Å². The van der Waals surface area contributed by atoms with Gasteiger partial charge in [0.1, 0.15) is 12.1 Å².